The molecule has 0 saturated heterocycles. The van der Waals surface area contributed by atoms with Gasteiger partial charge >= 0.3 is 0 Å². The van der Waals surface area contributed by atoms with E-state index in [0.29, 0.717) is 0 Å². The zero-order chi connectivity index (χ0) is 18.6. The first-order chi connectivity index (χ1) is 12.2. The molecular weight excluding hydrogens is 306 g/mol. The Hall–Kier alpha value is -0.500. The molecule has 0 saturated carbocycles. The number of allylic oxidation sites excluding steroid dienone is 1. The summed E-state index contributed by atoms with van der Waals surface area (Å²) in [6, 6.07) is 0. The fraction of sp³-hybridized carbons (Fsp3) is 0.913. The van der Waals surface area contributed by atoms with Gasteiger partial charge in [-0.1, -0.05) is 84.1 Å². The van der Waals surface area contributed by atoms with E-state index in [1.165, 1.54) is 90.0 Å². The van der Waals surface area contributed by atoms with Gasteiger partial charge in [-0.15, -0.1) is 0 Å². The molecule has 1 atom stereocenters. The summed E-state index contributed by atoms with van der Waals surface area (Å²) in [7, 11) is 0. The van der Waals surface area contributed by atoms with Crippen molar-refractivity contribution in [3.05, 3.63) is 12.3 Å². The summed E-state index contributed by atoms with van der Waals surface area (Å²) in [5, 5.41) is 9.95. The van der Waals surface area contributed by atoms with Crippen LogP contribution in [0.2, 0.25) is 0 Å². The van der Waals surface area contributed by atoms with E-state index in [1.807, 2.05) is 0 Å². The summed E-state index contributed by atoms with van der Waals surface area (Å²) in [6.45, 7) is 9.01. The van der Waals surface area contributed by atoms with Crippen LogP contribution in [0.5, 0.6) is 0 Å². The van der Waals surface area contributed by atoms with Crippen molar-refractivity contribution in [1.29, 1.82) is 0 Å². The Morgan fingerprint density at radius 2 is 1.28 bits per heavy atom. The normalized spacial score (nSPS) is 12.8. The van der Waals surface area contributed by atoms with Crippen molar-refractivity contribution >= 4 is 0 Å². The van der Waals surface area contributed by atoms with Gasteiger partial charge < -0.3 is 10.0 Å². The lowest BCUT2D eigenvalue weighted by Gasteiger charge is -2.16. The van der Waals surface area contributed by atoms with Crippen molar-refractivity contribution in [2.45, 2.75) is 123 Å². The quantitative estimate of drug-likeness (QED) is 0.251. The average molecular weight is 354 g/mol. The average Bonchev–Trinajstić information content (AvgIpc) is 2.62. The summed E-state index contributed by atoms with van der Waals surface area (Å²) < 4.78 is 0. The van der Waals surface area contributed by atoms with Crippen molar-refractivity contribution in [2.24, 2.45) is 0 Å². The Kier molecular flexibility index (Phi) is 19.4. The Bertz CT molecular complexity index is 277. The van der Waals surface area contributed by atoms with E-state index in [-0.39, 0.29) is 6.10 Å². The van der Waals surface area contributed by atoms with Gasteiger partial charge in [0.25, 0.3) is 0 Å². The van der Waals surface area contributed by atoms with Gasteiger partial charge in [0, 0.05) is 13.1 Å². The van der Waals surface area contributed by atoms with Crippen LogP contribution in [-0.4, -0.2) is 29.2 Å². The van der Waals surface area contributed by atoms with Gasteiger partial charge in [-0.2, -0.15) is 0 Å². The number of hydrogen-bond acceptors (Lipinski definition) is 2. The number of unbranched alkanes of at least 4 members (excludes halogenated alkanes) is 10. The summed E-state index contributed by atoms with van der Waals surface area (Å²) in [6.07, 6.45) is 23.5. The van der Waals surface area contributed by atoms with Gasteiger partial charge in [0.05, 0.1) is 6.10 Å². The molecule has 0 heterocycles. The monoisotopic (exact) mass is 353 g/mol. The third-order valence-electron chi connectivity index (χ3n) is 5.03. The van der Waals surface area contributed by atoms with E-state index in [9.17, 15) is 5.11 Å². The second-order valence-corrected chi connectivity index (χ2v) is 7.57. The highest BCUT2D eigenvalue weighted by molar-refractivity contribution is 4.81. The molecule has 0 aromatic heterocycles. The van der Waals surface area contributed by atoms with E-state index >= 15 is 0 Å². The van der Waals surface area contributed by atoms with Crippen LogP contribution in [0.3, 0.4) is 0 Å². The van der Waals surface area contributed by atoms with Crippen LogP contribution < -0.4 is 0 Å². The molecule has 0 aromatic carbocycles. The van der Waals surface area contributed by atoms with Crippen molar-refractivity contribution < 1.29 is 5.11 Å². The fourth-order valence-corrected chi connectivity index (χ4v) is 3.33. The predicted octanol–water partition coefficient (Wildman–Crippen LogP) is 7.07. The number of hydrogen-bond donors (Lipinski definition) is 1. The van der Waals surface area contributed by atoms with E-state index in [4.69, 9.17) is 0 Å². The molecule has 0 aromatic rings. The standard InChI is InChI=1S/C23H47NO/c1-4-7-8-16-19-23(25)20-17-14-12-10-9-11-13-15-18-22-24(6-3)21-5-2/h18,22-23,25H,4-17,19-21H2,1-3H3. The molecule has 0 spiro atoms. The fourth-order valence-electron chi connectivity index (χ4n) is 3.33. The first-order valence-corrected chi connectivity index (χ1v) is 11.3. The number of rotatable bonds is 19. The molecule has 1 unspecified atom stereocenters. The molecule has 1 N–H and O–H groups in total. The van der Waals surface area contributed by atoms with Crippen LogP contribution in [0.1, 0.15) is 117 Å². The zero-order valence-corrected chi connectivity index (χ0v) is 17.6. The Morgan fingerprint density at radius 3 is 1.84 bits per heavy atom. The Labute approximate surface area is 159 Å². The molecule has 0 aliphatic rings. The molecule has 2 heteroatoms. The van der Waals surface area contributed by atoms with E-state index in [0.717, 1.165) is 19.4 Å². The molecule has 0 amide bonds. The lowest BCUT2D eigenvalue weighted by Crippen LogP contribution is -2.16. The van der Waals surface area contributed by atoms with E-state index < -0.39 is 0 Å². The van der Waals surface area contributed by atoms with E-state index in [1.54, 1.807) is 0 Å². The van der Waals surface area contributed by atoms with Crippen LogP contribution in [0.4, 0.5) is 0 Å². The molecule has 0 radical (unpaired) electrons. The maximum absolute atomic E-state index is 9.95. The van der Waals surface area contributed by atoms with E-state index in [2.05, 4.69) is 37.9 Å². The second-order valence-electron chi connectivity index (χ2n) is 7.57. The molecular formula is C23H47NO. The minimum Gasteiger partial charge on any atom is -0.393 e. The van der Waals surface area contributed by atoms with Crippen LogP contribution in [0.15, 0.2) is 12.3 Å². The van der Waals surface area contributed by atoms with Crippen LogP contribution in [-0.2, 0) is 0 Å². The molecule has 0 fully saturated rings. The molecule has 0 aliphatic heterocycles. The van der Waals surface area contributed by atoms with Gasteiger partial charge in [0.15, 0.2) is 0 Å². The molecule has 150 valence electrons. The highest BCUT2D eigenvalue weighted by Crippen LogP contribution is 2.14. The number of aliphatic hydroxyl groups is 1. The minimum atomic E-state index is -0.0426. The number of nitrogens with zero attached hydrogens (tertiary/aromatic N) is 1. The van der Waals surface area contributed by atoms with Gasteiger partial charge in [-0.05, 0) is 45.2 Å². The third kappa shape index (κ3) is 18.1. The van der Waals surface area contributed by atoms with Crippen LogP contribution >= 0.6 is 0 Å². The molecule has 25 heavy (non-hydrogen) atoms. The van der Waals surface area contributed by atoms with Crippen LogP contribution in [0.25, 0.3) is 0 Å². The van der Waals surface area contributed by atoms with Crippen LogP contribution in [0, 0.1) is 0 Å². The highest BCUT2D eigenvalue weighted by atomic mass is 16.3. The van der Waals surface area contributed by atoms with Gasteiger partial charge in [0.1, 0.15) is 0 Å². The first-order valence-electron chi connectivity index (χ1n) is 11.3. The van der Waals surface area contributed by atoms with Crippen molar-refractivity contribution in [1.82, 2.24) is 4.90 Å². The molecule has 2 nitrogen and oxygen atoms in total. The predicted molar refractivity (Wildman–Crippen MR) is 113 cm³/mol. The summed E-state index contributed by atoms with van der Waals surface area (Å²) in [5.74, 6) is 0. The first kappa shape index (κ1) is 24.5. The van der Waals surface area contributed by atoms with Crippen molar-refractivity contribution in [3.63, 3.8) is 0 Å². The summed E-state index contributed by atoms with van der Waals surface area (Å²) >= 11 is 0. The summed E-state index contributed by atoms with van der Waals surface area (Å²) in [5.41, 5.74) is 0. The molecule has 0 bridgehead atoms. The van der Waals surface area contributed by atoms with Gasteiger partial charge in [-0.25, -0.2) is 0 Å². The zero-order valence-electron chi connectivity index (χ0n) is 17.6. The highest BCUT2D eigenvalue weighted by Gasteiger charge is 2.03. The summed E-state index contributed by atoms with van der Waals surface area (Å²) in [4.78, 5) is 2.40. The van der Waals surface area contributed by atoms with Gasteiger partial charge in [-0.3, -0.25) is 0 Å². The van der Waals surface area contributed by atoms with Crippen molar-refractivity contribution in [3.8, 4) is 0 Å². The largest absolute Gasteiger partial charge is 0.393 e. The SMILES string of the molecule is CCCCCCC(O)CCCCCCCCCC=CN(CC)CCC. The Morgan fingerprint density at radius 1 is 0.720 bits per heavy atom. The maximum atomic E-state index is 9.95. The topological polar surface area (TPSA) is 23.5 Å². The second kappa shape index (κ2) is 19.8. The third-order valence-corrected chi connectivity index (χ3v) is 5.03. The minimum absolute atomic E-state index is 0.0426. The number of aliphatic hydroxyl groups excluding tert-OH is 1. The lowest BCUT2D eigenvalue weighted by atomic mass is 10.0. The Balaban J connectivity index is 3.29. The molecule has 0 aliphatic carbocycles. The smallest absolute Gasteiger partial charge is 0.0540 e. The maximum Gasteiger partial charge on any atom is 0.0540 e. The lowest BCUT2D eigenvalue weighted by molar-refractivity contribution is 0.147. The van der Waals surface area contributed by atoms with Gasteiger partial charge in [0.2, 0.25) is 0 Å². The molecule has 0 rings (SSSR count). The van der Waals surface area contributed by atoms with Crippen molar-refractivity contribution in [2.75, 3.05) is 13.1 Å².